The maximum Gasteiger partial charge on any atom is 0.349 e. The molecular formula is C27H27FN6O5. The Morgan fingerprint density at radius 3 is 2.67 bits per heavy atom. The normalized spacial score (nSPS) is 12.5. The Kier molecular flexibility index (Phi) is 8.04. The van der Waals surface area contributed by atoms with Crippen molar-refractivity contribution in [2.45, 2.75) is 25.7 Å². The van der Waals surface area contributed by atoms with Gasteiger partial charge in [-0.05, 0) is 35.7 Å². The summed E-state index contributed by atoms with van der Waals surface area (Å²) in [5, 5.41) is 19.5. The zero-order valence-corrected chi connectivity index (χ0v) is 21.3. The molecule has 0 fully saturated rings. The van der Waals surface area contributed by atoms with Crippen molar-refractivity contribution in [3.63, 3.8) is 0 Å². The third-order valence-corrected chi connectivity index (χ3v) is 6.00. The molecule has 0 saturated carbocycles. The largest absolute Gasteiger partial charge is 0.493 e. The third-order valence-electron chi connectivity index (χ3n) is 6.00. The summed E-state index contributed by atoms with van der Waals surface area (Å²) in [5.41, 5.74) is 8.42. The van der Waals surface area contributed by atoms with E-state index in [0.29, 0.717) is 30.2 Å². The van der Waals surface area contributed by atoms with E-state index in [1.807, 2.05) is 24.3 Å². The Bertz CT molecular complexity index is 1560. The van der Waals surface area contributed by atoms with Crippen LogP contribution in [-0.4, -0.2) is 50.4 Å². The first-order valence-corrected chi connectivity index (χ1v) is 11.9. The van der Waals surface area contributed by atoms with Crippen molar-refractivity contribution in [3.05, 3.63) is 99.1 Å². The molecule has 1 aliphatic heterocycles. The highest BCUT2D eigenvalue weighted by Gasteiger charge is 2.26. The number of fused-ring (bicyclic) bond motifs is 1. The third kappa shape index (κ3) is 6.12. The molecule has 2 aromatic heterocycles. The van der Waals surface area contributed by atoms with E-state index in [2.05, 4.69) is 15.1 Å². The van der Waals surface area contributed by atoms with Gasteiger partial charge in [-0.3, -0.25) is 15.2 Å². The molecule has 2 aromatic carbocycles. The summed E-state index contributed by atoms with van der Waals surface area (Å²) in [6.45, 7) is 1.65. The van der Waals surface area contributed by atoms with Gasteiger partial charge in [0.15, 0.2) is 23.1 Å². The van der Waals surface area contributed by atoms with Crippen LogP contribution in [0.5, 0.6) is 11.5 Å². The van der Waals surface area contributed by atoms with Gasteiger partial charge in [-0.2, -0.15) is 4.68 Å². The predicted octanol–water partition coefficient (Wildman–Crippen LogP) is 2.79. The first-order chi connectivity index (χ1) is 18.7. The van der Waals surface area contributed by atoms with Gasteiger partial charge in [0.25, 0.3) is 5.97 Å². The second-order valence-corrected chi connectivity index (χ2v) is 8.73. The molecular weight excluding hydrogens is 507 g/mol. The van der Waals surface area contributed by atoms with Crippen LogP contribution in [0.2, 0.25) is 0 Å². The van der Waals surface area contributed by atoms with Gasteiger partial charge < -0.3 is 20.3 Å². The molecule has 202 valence electrons. The lowest BCUT2D eigenvalue weighted by molar-refractivity contribution is -0.134. The van der Waals surface area contributed by atoms with Gasteiger partial charge in [0, 0.05) is 36.6 Å². The fraction of sp³-hybridized carbons (Fsp3) is 0.222. The molecule has 0 radical (unpaired) electrons. The number of nitrogens with two attached hydrogens (primary N) is 1. The highest BCUT2D eigenvalue weighted by atomic mass is 19.1. The summed E-state index contributed by atoms with van der Waals surface area (Å²) in [4.78, 5) is 28.5. The first kappa shape index (κ1) is 27.0. The Morgan fingerprint density at radius 2 is 2.03 bits per heavy atom. The van der Waals surface area contributed by atoms with E-state index >= 15 is 0 Å². The zero-order valence-electron chi connectivity index (χ0n) is 21.3. The van der Waals surface area contributed by atoms with Gasteiger partial charge in [-0.1, -0.05) is 30.3 Å². The SMILES string of the molecule is CC(=O)O.COc1cc(C(Cc2ccc(C(=N)N)cc2)c2nn(-c3ncccc3F)c(=O)[nH]2)cc2c1OCC2. The molecule has 0 aliphatic carbocycles. The molecule has 5 N–H and O–H groups in total. The van der Waals surface area contributed by atoms with Crippen LogP contribution < -0.4 is 20.9 Å². The molecule has 1 unspecified atom stereocenters. The number of carboxylic acid groups (broad SMARTS) is 1. The van der Waals surface area contributed by atoms with Crippen molar-refractivity contribution in [3.8, 4) is 17.3 Å². The molecule has 1 aliphatic rings. The minimum atomic E-state index is -0.833. The number of amidine groups is 1. The molecule has 4 aromatic rings. The lowest BCUT2D eigenvalue weighted by Gasteiger charge is -2.18. The van der Waals surface area contributed by atoms with E-state index in [9.17, 15) is 9.18 Å². The maximum atomic E-state index is 14.4. The number of H-pyrrole nitrogens is 1. The van der Waals surface area contributed by atoms with Crippen molar-refractivity contribution in [1.82, 2.24) is 19.7 Å². The second-order valence-electron chi connectivity index (χ2n) is 8.73. The first-order valence-electron chi connectivity index (χ1n) is 11.9. The number of nitrogens with zero attached hydrogens (tertiary/aromatic N) is 3. The van der Waals surface area contributed by atoms with Gasteiger partial charge >= 0.3 is 5.69 Å². The number of carbonyl (C=O) groups is 1. The number of benzene rings is 2. The Labute approximate surface area is 222 Å². The number of hydrogen-bond donors (Lipinski definition) is 4. The van der Waals surface area contributed by atoms with Crippen molar-refractivity contribution in [1.29, 1.82) is 5.41 Å². The lowest BCUT2D eigenvalue weighted by Crippen LogP contribution is -2.18. The molecule has 12 heteroatoms. The molecule has 3 heterocycles. The smallest absolute Gasteiger partial charge is 0.349 e. The van der Waals surface area contributed by atoms with Crippen LogP contribution in [0.25, 0.3) is 5.82 Å². The number of hydrogen-bond acceptors (Lipinski definition) is 7. The lowest BCUT2D eigenvalue weighted by atomic mass is 9.89. The quantitative estimate of drug-likeness (QED) is 0.207. The zero-order chi connectivity index (χ0) is 28.1. The molecule has 11 nitrogen and oxygen atoms in total. The summed E-state index contributed by atoms with van der Waals surface area (Å²) in [6.07, 6.45) is 2.61. The van der Waals surface area contributed by atoms with E-state index in [0.717, 1.165) is 40.5 Å². The number of pyridine rings is 1. The number of nitrogens with one attached hydrogen (secondary N) is 2. The number of aliphatic carboxylic acids is 1. The molecule has 0 spiro atoms. The highest BCUT2D eigenvalue weighted by molar-refractivity contribution is 5.94. The molecule has 5 rings (SSSR count). The Morgan fingerprint density at radius 1 is 1.31 bits per heavy atom. The predicted molar refractivity (Wildman–Crippen MR) is 140 cm³/mol. The van der Waals surface area contributed by atoms with E-state index in [1.165, 1.54) is 18.3 Å². The van der Waals surface area contributed by atoms with Crippen LogP contribution >= 0.6 is 0 Å². The van der Waals surface area contributed by atoms with E-state index in [1.54, 1.807) is 19.2 Å². The van der Waals surface area contributed by atoms with E-state index in [4.69, 9.17) is 30.5 Å². The number of nitrogen functional groups attached to an aromatic ring is 1. The summed E-state index contributed by atoms with van der Waals surface area (Å²) in [7, 11) is 1.58. The number of halogens is 1. The summed E-state index contributed by atoms with van der Waals surface area (Å²) in [5.74, 6) is -0.392. The van der Waals surface area contributed by atoms with Crippen LogP contribution in [0.15, 0.2) is 59.5 Å². The molecule has 0 saturated heterocycles. The van der Waals surface area contributed by atoms with Gasteiger partial charge in [0.2, 0.25) is 0 Å². The van der Waals surface area contributed by atoms with Gasteiger partial charge in [-0.15, -0.1) is 5.10 Å². The highest BCUT2D eigenvalue weighted by Crippen LogP contribution is 2.40. The number of carboxylic acids is 1. The molecule has 0 amide bonds. The molecule has 1 atom stereocenters. The number of ether oxygens (including phenoxy) is 2. The number of aromatic amines is 1. The minimum absolute atomic E-state index is 0.0167. The van der Waals surface area contributed by atoms with Crippen molar-refractivity contribution in [2.24, 2.45) is 5.73 Å². The van der Waals surface area contributed by atoms with Crippen molar-refractivity contribution in [2.75, 3.05) is 13.7 Å². The van der Waals surface area contributed by atoms with E-state index < -0.39 is 23.4 Å². The van der Waals surface area contributed by atoms with Crippen LogP contribution in [-0.2, 0) is 17.6 Å². The van der Waals surface area contributed by atoms with Crippen LogP contribution in [0.4, 0.5) is 4.39 Å². The number of aromatic nitrogens is 4. The Balaban J connectivity index is 0.000000826. The summed E-state index contributed by atoms with van der Waals surface area (Å²) in [6, 6.07) is 13.9. The topological polar surface area (TPSA) is 169 Å². The summed E-state index contributed by atoms with van der Waals surface area (Å²) < 4.78 is 26.6. The van der Waals surface area contributed by atoms with Gasteiger partial charge in [0.05, 0.1) is 13.7 Å². The van der Waals surface area contributed by atoms with E-state index in [-0.39, 0.29) is 11.7 Å². The fourth-order valence-electron chi connectivity index (χ4n) is 4.25. The fourth-order valence-corrected chi connectivity index (χ4v) is 4.25. The summed E-state index contributed by atoms with van der Waals surface area (Å²) >= 11 is 0. The van der Waals surface area contributed by atoms with Crippen molar-refractivity contribution < 1.29 is 23.8 Å². The average Bonchev–Trinajstić information content (AvgIpc) is 3.53. The maximum absolute atomic E-state index is 14.4. The minimum Gasteiger partial charge on any atom is -0.493 e. The number of methoxy groups -OCH3 is 1. The second kappa shape index (κ2) is 11.6. The Hall–Kier alpha value is -5.00. The van der Waals surface area contributed by atoms with Gasteiger partial charge in [0.1, 0.15) is 11.7 Å². The molecule has 39 heavy (non-hydrogen) atoms. The van der Waals surface area contributed by atoms with Crippen molar-refractivity contribution >= 4 is 11.8 Å². The van der Waals surface area contributed by atoms with Crippen LogP contribution in [0.1, 0.15) is 40.9 Å². The standard InChI is InChI=1S/C25H23FN6O3.C2H4O2/c1-34-20-13-17(12-16-8-10-35-21(16)20)18(11-14-4-6-15(7-5-14)22(27)28)23-30-25(33)32(31-23)24-19(26)3-2-9-29-24;1-2(3)4/h2-7,9,12-13,18H,8,10-11H2,1H3,(H3,27,28)(H,30,31,33);1H3,(H,3,4). The van der Waals surface area contributed by atoms with Crippen LogP contribution in [0, 0.1) is 11.2 Å². The average molecular weight is 535 g/mol. The molecule has 0 bridgehead atoms. The number of rotatable bonds is 7. The van der Waals surface area contributed by atoms with Crippen LogP contribution in [0.3, 0.4) is 0 Å². The van der Waals surface area contributed by atoms with Gasteiger partial charge in [-0.25, -0.2) is 14.2 Å². The monoisotopic (exact) mass is 534 g/mol.